The van der Waals surface area contributed by atoms with Crippen molar-refractivity contribution >= 4 is 11.8 Å². The lowest BCUT2D eigenvalue weighted by Gasteiger charge is -2.23. The number of rotatable bonds is 7. The van der Waals surface area contributed by atoms with Crippen LogP contribution in [0.2, 0.25) is 0 Å². The van der Waals surface area contributed by atoms with Gasteiger partial charge in [-0.15, -0.1) is 0 Å². The van der Waals surface area contributed by atoms with Gasteiger partial charge in [0.1, 0.15) is 18.8 Å². The number of benzene rings is 3. The molecule has 32 heavy (non-hydrogen) atoms. The van der Waals surface area contributed by atoms with E-state index in [9.17, 15) is 0 Å². The van der Waals surface area contributed by atoms with E-state index < -0.39 is 0 Å². The van der Waals surface area contributed by atoms with Gasteiger partial charge >= 0.3 is 0 Å². The van der Waals surface area contributed by atoms with Crippen molar-refractivity contribution in [2.75, 3.05) is 0 Å². The number of aromatic nitrogens is 3. The van der Waals surface area contributed by atoms with E-state index in [1.807, 2.05) is 36.4 Å². The molecule has 0 spiro atoms. The molecule has 162 valence electrons. The fraction of sp³-hybridized carbons (Fsp3) is 0.214. The highest BCUT2D eigenvalue weighted by molar-refractivity contribution is 5.73. The van der Waals surface area contributed by atoms with Crippen molar-refractivity contribution in [2.45, 2.75) is 38.9 Å². The van der Waals surface area contributed by atoms with Crippen molar-refractivity contribution in [1.29, 1.82) is 0 Å². The quantitative estimate of drug-likeness (QED) is 0.339. The smallest absolute Gasteiger partial charge is 0.138 e. The average Bonchev–Trinajstić information content (AvgIpc) is 3.34. The fourth-order valence-electron chi connectivity index (χ4n) is 3.58. The van der Waals surface area contributed by atoms with E-state index in [-0.39, 0.29) is 11.5 Å². The second-order valence-corrected chi connectivity index (χ2v) is 8.87. The van der Waals surface area contributed by atoms with Crippen LogP contribution in [0.5, 0.6) is 0 Å². The molecule has 0 fully saturated rings. The zero-order chi connectivity index (χ0) is 22.4. The van der Waals surface area contributed by atoms with Crippen LogP contribution >= 0.6 is 0 Å². The highest BCUT2D eigenvalue weighted by Crippen LogP contribution is 2.32. The van der Waals surface area contributed by atoms with Crippen molar-refractivity contribution in [3.05, 3.63) is 120 Å². The van der Waals surface area contributed by atoms with E-state index in [1.165, 1.54) is 5.56 Å². The van der Waals surface area contributed by atoms with Gasteiger partial charge in [-0.2, -0.15) is 5.10 Å². The van der Waals surface area contributed by atoms with E-state index in [1.54, 1.807) is 17.3 Å². The molecule has 1 heterocycles. The molecule has 0 bridgehead atoms. The molecule has 4 rings (SSSR count). The van der Waals surface area contributed by atoms with Gasteiger partial charge in [0.25, 0.3) is 0 Å². The Balaban J connectivity index is 1.67. The molecule has 4 aromatic rings. The lowest BCUT2D eigenvalue weighted by atomic mass is 9.87. The third kappa shape index (κ3) is 5.40. The first kappa shape index (κ1) is 21.7. The predicted molar refractivity (Wildman–Crippen MR) is 130 cm³/mol. The molecule has 0 aliphatic heterocycles. The highest BCUT2D eigenvalue weighted by Gasteiger charge is 2.21. The van der Waals surface area contributed by atoms with Crippen LogP contribution < -0.4 is 0 Å². The van der Waals surface area contributed by atoms with Gasteiger partial charge in [-0.1, -0.05) is 106 Å². The molecule has 1 aromatic heterocycles. The van der Waals surface area contributed by atoms with Gasteiger partial charge in [-0.3, -0.25) is 0 Å². The number of hydrogen-bond acceptors (Lipinski definition) is 3. The van der Waals surface area contributed by atoms with Gasteiger partial charge < -0.3 is 4.74 Å². The van der Waals surface area contributed by atoms with Crippen LogP contribution in [0.1, 0.15) is 49.1 Å². The lowest BCUT2D eigenvalue weighted by molar-refractivity contribution is 0.0747. The summed E-state index contributed by atoms with van der Waals surface area (Å²) < 4.78 is 8.33. The molecule has 0 amide bonds. The molecule has 4 heteroatoms. The van der Waals surface area contributed by atoms with Gasteiger partial charge in [0, 0.05) is 0 Å². The second-order valence-electron chi connectivity index (χ2n) is 8.87. The monoisotopic (exact) mass is 423 g/mol. The van der Waals surface area contributed by atoms with E-state index >= 15 is 0 Å². The summed E-state index contributed by atoms with van der Waals surface area (Å²) in [7, 11) is 0. The Labute approximate surface area is 190 Å². The maximum atomic E-state index is 6.54. The van der Waals surface area contributed by atoms with Crippen LogP contribution in [-0.2, 0) is 16.8 Å². The first-order valence-electron chi connectivity index (χ1n) is 10.9. The molecule has 1 atom stereocenters. The summed E-state index contributed by atoms with van der Waals surface area (Å²) in [5.41, 5.74) is 5.63. The third-order valence-electron chi connectivity index (χ3n) is 5.40. The normalized spacial score (nSPS) is 13.2. The lowest BCUT2D eigenvalue weighted by Crippen LogP contribution is -2.13. The topological polar surface area (TPSA) is 39.9 Å². The molecular weight excluding hydrogens is 394 g/mol. The van der Waals surface area contributed by atoms with Crippen LogP contribution in [0.4, 0.5) is 0 Å². The summed E-state index contributed by atoms with van der Waals surface area (Å²) in [6, 6.07) is 29.2. The fourth-order valence-corrected chi connectivity index (χ4v) is 3.58. The number of nitrogens with zero attached hydrogens (tertiary/aromatic N) is 3. The van der Waals surface area contributed by atoms with Crippen LogP contribution in [0.15, 0.2) is 97.6 Å². The van der Waals surface area contributed by atoms with E-state index in [4.69, 9.17) is 4.74 Å². The molecule has 3 aromatic carbocycles. The van der Waals surface area contributed by atoms with Crippen LogP contribution in [0.25, 0.3) is 11.8 Å². The molecule has 1 unspecified atom stereocenters. The van der Waals surface area contributed by atoms with Gasteiger partial charge in [0.15, 0.2) is 0 Å². The minimum absolute atomic E-state index is 0.130. The molecule has 0 aliphatic rings. The Morgan fingerprint density at radius 3 is 2.16 bits per heavy atom. The number of ether oxygens (including phenoxy) is 1. The summed E-state index contributed by atoms with van der Waals surface area (Å²) in [6.45, 7) is 7.17. The molecule has 0 N–H and O–H groups in total. The van der Waals surface area contributed by atoms with Crippen LogP contribution in [-0.4, -0.2) is 14.8 Å². The van der Waals surface area contributed by atoms with Crippen molar-refractivity contribution in [3.8, 4) is 0 Å². The Bertz CT molecular complexity index is 1130. The van der Waals surface area contributed by atoms with Crippen molar-refractivity contribution in [1.82, 2.24) is 14.8 Å². The van der Waals surface area contributed by atoms with Gasteiger partial charge in [-0.25, -0.2) is 9.67 Å². The SMILES string of the molecule is CC(C)(C)c1ccc(COC(C(=Cc2ccccc2)n2cncn2)c2ccccc2)cc1. The van der Waals surface area contributed by atoms with Gasteiger partial charge in [0.2, 0.25) is 0 Å². The Kier molecular flexibility index (Phi) is 6.62. The summed E-state index contributed by atoms with van der Waals surface area (Å²) in [5, 5.41) is 4.41. The average molecular weight is 424 g/mol. The van der Waals surface area contributed by atoms with Crippen molar-refractivity contribution in [3.63, 3.8) is 0 Å². The second kappa shape index (κ2) is 9.75. The third-order valence-corrected chi connectivity index (χ3v) is 5.40. The number of hydrogen-bond donors (Lipinski definition) is 0. The zero-order valence-corrected chi connectivity index (χ0v) is 18.8. The molecule has 0 aliphatic carbocycles. The standard InChI is InChI=1S/C28H29N3O/c1-28(2,3)25-16-14-23(15-17-25)19-32-27(24-12-8-5-9-13-24)26(31-21-29-20-30-31)18-22-10-6-4-7-11-22/h4-18,20-21,27H,19H2,1-3H3. The van der Waals surface area contributed by atoms with E-state index in [2.05, 4.69) is 85.5 Å². The van der Waals surface area contributed by atoms with E-state index in [0.717, 1.165) is 22.4 Å². The highest BCUT2D eigenvalue weighted by atomic mass is 16.5. The predicted octanol–water partition coefficient (Wildman–Crippen LogP) is 6.53. The summed E-state index contributed by atoms with van der Waals surface area (Å²) in [6.07, 6.45) is 5.06. The first-order valence-corrected chi connectivity index (χ1v) is 10.9. The molecule has 0 saturated carbocycles. The van der Waals surface area contributed by atoms with Gasteiger partial charge in [-0.05, 0) is 33.7 Å². The Morgan fingerprint density at radius 1 is 0.906 bits per heavy atom. The van der Waals surface area contributed by atoms with Crippen LogP contribution in [0.3, 0.4) is 0 Å². The molecule has 0 radical (unpaired) electrons. The molecule has 0 saturated heterocycles. The largest absolute Gasteiger partial charge is 0.362 e. The van der Waals surface area contributed by atoms with Crippen molar-refractivity contribution < 1.29 is 4.74 Å². The minimum atomic E-state index is -0.305. The van der Waals surface area contributed by atoms with Crippen LogP contribution in [0, 0.1) is 0 Å². The Morgan fingerprint density at radius 2 is 1.56 bits per heavy atom. The van der Waals surface area contributed by atoms with E-state index in [0.29, 0.717) is 6.61 Å². The first-order chi connectivity index (χ1) is 15.5. The summed E-state index contributed by atoms with van der Waals surface area (Å²) in [4.78, 5) is 4.17. The maximum absolute atomic E-state index is 6.54. The summed E-state index contributed by atoms with van der Waals surface area (Å²) in [5.74, 6) is 0. The maximum Gasteiger partial charge on any atom is 0.138 e. The zero-order valence-electron chi connectivity index (χ0n) is 18.8. The summed E-state index contributed by atoms with van der Waals surface area (Å²) >= 11 is 0. The Hall–Kier alpha value is -3.50. The van der Waals surface area contributed by atoms with Gasteiger partial charge in [0.05, 0.1) is 12.3 Å². The minimum Gasteiger partial charge on any atom is -0.362 e. The van der Waals surface area contributed by atoms with Crippen molar-refractivity contribution in [2.24, 2.45) is 0 Å². The molecular formula is C28H29N3O. The molecule has 4 nitrogen and oxygen atoms in total.